The number of nitrogens with one attached hydrogen (secondary N) is 1. The highest BCUT2D eigenvalue weighted by atomic mass is 16.3. The molecule has 0 fully saturated rings. The molecule has 0 heterocycles. The Labute approximate surface area is 86.9 Å². The molecule has 1 unspecified atom stereocenters. The summed E-state index contributed by atoms with van der Waals surface area (Å²) in [6.45, 7) is 8.65. The predicted octanol–water partition coefficient (Wildman–Crippen LogP) is 1.56. The van der Waals surface area contributed by atoms with E-state index in [0.29, 0.717) is 12.5 Å². The van der Waals surface area contributed by atoms with Crippen LogP contribution in [0.4, 0.5) is 0 Å². The SMILES string of the molecule is CC(CO)CCCNC(=O)C(C)(C)C. The van der Waals surface area contributed by atoms with Crippen LogP contribution in [0.1, 0.15) is 40.5 Å². The second-order valence-corrected chi connectivity index (χ2v) is 4.94. The molecule has 0 aromatic rings. The minimum Gasteiger partial charge on any atom is -0.396 e. The summed E-state index contributed by atoms with van der Waals surface area (Å²) in [4.78, 5) is 11.4. The summed E-state index contributed by atoms with van der Waals surface area (Å²) >= 11 is 0. The molecule has 0 aromatic heterocycles. The molecule has 1 atom stereocenters. The molecule has 0 aliphatic heterocycles. The molecule has 3 nitrogen and oxygen atoms in total. The molecule has 14 heavy (non-hydrogen) atoms. The molecule has 0 saturated heterocycles. The average molecular weight is 201 g/mol. The zero-order chi connectivity index (χ0) is 11.2. The van der Waals surface area contributed by atoms with Gasteiger partial charge in [0.2, 0.25) is 5.91 Å². The van der Waals surface area contributed by atoms with E-state index in [1.54, 1.807) is 0 Å². The highest BCUT2D eigenvalue weighted by molar-refractivity contribution is 5.81. The molecule has 0 aromatic carbocycles. The lowest BCUT2D eigenvalue weighted by Gasteiger charge is -2.17. The van der Waals surface area contributed by atoms with Gasteiger partial charge < -0.3 is 10.4 Å². The second-order valence-electron chi connectivity index (χ2n) is 4.94. The fraction of sp³-hybridized carbons (Fsp3) is 0.909. The van der Waals surface area contributed by atoms with Crippen molar-refractivity contribution < 1.29 is 9.90 Å². The van der Waals surface area contributed by atoms with Gasteiger partial charge in [-0.05, 0) is 18.8 Å². The first-order valence-corrected chi connectivity index (χ1v) is 5.27. The summed E-state index contributed by atoms with van der Waals surface area (Å²) in [7, 11) is 0. The monoisotopic (exact) mass is 201 g/mol. The van der Waals surface area contributed by atoms with Gasteiger partial charge in [-0.25, -0.2) is 0 Å². The molecular weight excluding hydrogens is 178 g/mol. The number of rotatable bonds is 5. The van der Waals surface area contributed by atoms with Gasteiger partial charge in [0.15, 0.2) is 0 Å². The van der Waals surface area contributed by atoms with Gasteiger partial charge in [-0.2, -0.15) is 0 Å². The van der Waals surface area contributed by atoms with Crippen molar-refractivity contribution in [3.63, 3.8) is 0 Å². The highest BCUT2D eigenvalue weighted by Gasteiger charge is 2.20. The maximum absolute atomic E-state index is 11.4. The van der Waals surface area contributed by atoms with Crippen LogP contribution < -0.4 is 5.32 Å². The summed E-state index contributed by atoms with van der Waals surface area (Å²) in [5.41, 5.74) is -0.303. The molecule has 2 N–H and O–H groups in total. The number of carbonyl (C=O) groups excluding carboxylic acids is 1. The molecule has 84 valence electrons. The number of hydrogen-bond donors (Lipinski definition) is 2. The lowest BCUT2D eigenvalue weighted by Crippen LogP contribution is -2.35. The fourth-order valence-corrected chi connectivity index (χ4v) is 1.01. The third-order valence-corrected chi connectivity index (χ3v) is 2.15. The topological polar surface area (TPSA) is 49.3 Å². The van der Waals surface area contributed by atoms with Crippen molar-refractivity contribution in [1.29, 1.82) is 0 Å². The summed E-state index contributed by atoms with van der Waals surface area (Å²) < 4.78 is 0. The van der Waals surface area contributed by atoms with Crippen LogP contribution in [0, 0.1) is 11.3 Å². The van der Waals surface area contributed by atoms with E-state index in [1.807, 2.05) is 27.7 Å². The number of carbonyl (C=O) groups is 1. The Kier molecular flexibility index (Phi) is 5.77. The number of amides is 1. The first kappa shape index (κ1) is 13.4. The molecule has 1 amide bonds. The van der Waals surface area contributed by atoms with E-state index in [0.717, 1.165) is 12.8 Å². The zero-order valence-corrected chi connectivity index (χ0v) is 9.76. The van der Waals surface area contributed by atoms with Crippen LogP contribution in [0.25, 0.3) is 0 Å². The predicted molar refractivity (Wildman–Crippen MR) is 57.9 cm³/mol. The fourth-order valence-electron chi connectivity index (χ4n) is 1.01. The van der Waals surface area contributed by atoms with Crippen LogP contribution >= 0.6 is 0 Å². The van der Waals surface area contributed by atoms with E-state index in [4.69, 9.17) is 5.11 Å². The standard InChI is InChI=1S/C11H23NO2/c1-9(8-13)6-5-7-12-10(14)11(2,3)4/h9,13H,5-8H2,1-4H3,(H,12,14). The van der Waals surface area contributed by atoms with Crippen LogP contribution in [-0.4, -0.2) is 24.2 Å². The summed E-state index contributed by atoms with van der Waals surface area (Å²) in [5, 5.41) is 11.7. The van der Waals surface area contributed by atoms with Gasteiger partial charge in [-0.15, -0.1) is 0 Å². The molecule has 0 aliphatic carbocycles. The maximum atomic E-state index is 11.4. The molecule has 0 bridgehead atoms. The normalized spacial score (nSPS) is 13.8. The number of hydrogen-bond acceptors (Lipinski definition) is 2. The van der Waals surface area contributed by atoms with Crippen molar-refractivity contribution in [3.8, 4) is 0 Å². The van der Waals surface area contributed by atoms with Gasteiger partial charge in [0.1, 0.15) is 0 Å². The molecule has 0 radical (unpaired) electrons. The van der Waals surface area contributed by atoms with E-state index < -0.39 is 0 Å². The molecule has 0 aliphatic rings. The van der Waals surface area contributed by atoms with Gasteiger partial charge in [0.05, 0.1) is 0 Å². The Bertz CT molecular complexity index is 173. The smallest absolute Gasteiger partial charge is 0.225 e. The van der Waals surface area contributed by atoms with Gasteiger partial charge in [-0.3, -0.25) is 4.79 Å². The first-order chi connectivity index (χ1) is 6.38. The third kappa shape index (κ3) is 5.97. The number of aliphatic hydroxyl groups excluding tert-OH is 1. The first-order valence-electron chi connectivity index (χ1n) is 5.27. The van der Waals surface area contributed by atoms with E-state index in [1.165, 1.54) is 0 Å². The Morgan fingerprint density at radius 3 is 2.43 bits per heavy atom. The van der Waals surface area contributed by atoms with E-state index in [-0.39, 0.29) is 17.9 Å². The van der Waals surface area contributed by atoms with Crippen LogP contribution in [0.3, 0.4) is 0 Å². The van der Waals surface area contributed by atoms with Crippen LogP contribution in [0.2, 0.25) is 0 Å². The quantitative estimate of drug-likeness (QED) is 0.663. The highest BCUT2D eigenvalue weighted by Crippen LogP contribution is 2.12. The Hall–Kier alpha value is -0.570. The summed E-state index contributed by atoms with van der Waals surface area (Å²) in [6, 6.07) is 0. The van der Waals surface area contributed by atoms with Crippen molar-refractivity contribution in [2.45, 2.75) is 40.5 Å². The van der Waals surface area contributed by atoms with Gasteiger partial charge in [0, 0.05) is 18.6 Å². The second kappa shape index (κ2) is 6.02. The number of aliphatic hydroxyl groups is 1. The van der Waals surface area contributed by atoms with E-state index in [9.17, 15) is 4.79 Å². The average Bonchev–Trinajstić information content (AvgIpc) is 2.09. The molecule has 0 rings (SSSR count). The minimum absolute atomic E-state index is 0.0918. The lowest BCUT2D eigenvalue weighted by molar-refractivity contribution is -0.128. The minimum atomic E-state index is -0.303. The lowest BCUT2D eigenvalue weighted by atomic mass is 9.95. The molecule has 3 heteroatoms. The third-order valence-electron chi connectivity index (χ3n) is 2.15. The Morgan fingerprint density at radius 2 is 2.00 bits per heavy atom. The van der Waals surface area contributed by atoms with Gasteiger partial charge in [0.25, 0.3) is 0 Å². The van der Waals surface area contributed by atoms with Crippen LogP contribution in [0.15, 0.2) is 0 Å². The van der Waals surface area contributed by atoms with Crippen molar-refractivity contribution in [2.24, 2.45) is 11.3 Å². The summed E-state index contributed by atoms with van der Waals surface area (Å²) in [6.07, 6.45) is 1.89. The Morgan fingerprint density at radius 1 is 1.43 bits per heavy atom. The van der Waals surface area contributed by atoms with E-state index >= 15 is 0 Å². The zero-order valence-electron chi connectivity index (χ0n) is 9.76. The molecular formula is C11H23NO2. The van der Waals surface area contributed by atoms with Gasteiger partial charge in [-0.1, -0.05) is 27.7 Å². The van der Waals surface area contributed by atoms with Crippen molar-refractivity contribution >= 4 is 5.91 Å². The Balaban J connectivity index is 3.51. The van der Waals surface area contributed by atoms with Crippen molar-refractivity contribution in [1.82, 2.24) is 5.32 Å². The maximum Gasteiger partial charge on any atom is 0.225 e. The van der Waals surface area contributed by atoms with Crippen LogP contribution in [0.5, 0.6) is 0 Å². The van der Waals surface area contributed by atoms with E-state index in [2.05, 4.69) is 5.32 Å². The van der Waals surface area contributed by atoms with Crippen molar-refractivity contribution in [2.75, 3.05) is 13.2 Å². The largest absolute Gasteiger partial charge is 0.396 e. The van der Waals surface area contributed by atoms with Gasteiger partial charge >= 0.3 is 0 Å². The molecule has 0 spiro atoms. The summed E-state index contributed by atoms with van der Waals surface area (Å²) in [5.74, 6) is 0.427. The van der Waals surface area contributed by atoms with Crippen LogP contribution in [-0.2, 0) is 4.79 Å². The van der Waals surface area contributed by atoms with Crippen molar-refractivity contribution in [3.05, 3.63) is 0 Å². The molecule has 0 saturated carbocycles.